The third-order valence-corrected chi connectivity index (χ3v) is 6.03. The van der Waals surface area contributed by atoms with Crippen LogP contribution in [0.3, 0.4) is 0 Å². The van der Waals surface area contributed by atoms with Crippen LogP contribution in [0, 0.1) is 6.92 Å². The quantitative estimate of drug-likeness (QED) is 0.864. The number of aryl methyl sites for hydroxylation is 3. The second-order valence-corrected chi connectivity index (χ2v) is 8.49. The van der Waals surface area contributed by atoms with Crippen LogP contribution in [-0.2, 0) is 22.9 Å². The Morgan fingerprint density at radius 3 is 2.46 bits per heavy atom. The molecule has 1 atom stereocenters. The van der Waals surface area contributed by atoms with Gasteiger partial charge in [0.1, 0.15) is 0 Å². The minimum Gasteiger partial charge on any atom is -0.346 e. The fourth-order valence-electron chi connectivity index (χ4n) is 3.43. The molecule has 2 aromatic rings. The normalized spacial score (nSPS) is 15.2. The van der Waals surface area contributed by atoms with E-state index in [0.29, 0.717) is 5.56 Å². The number of fused-ring (bicyclic) bond motifs is 1. The summed E-state index contributed by atoms with van der Waals surface area (Å²) < 4.78 is 23.3. The lowest BCUT2D eigenvalue weighted by Gasteiger charge is -2.20. The van der Waals surface area contributed by atoms with Crippen molar-refractivity contribution in [3.8, 4) is 0 Å². The number of benzene rings is 2. The average molecular weight is 372 g/mol. The van der Waals surface area contributed by atoms with E-state index in [4.69, 9.17) is 5.14 Å². The Labute approximate surface area is 154 Å². The van der Waals surface area contributed by atoms with E-state index < -0.39 is 10.0 Å². The minimum atomic E-state index is -3.86. The lowest BCUT2D eigenvalue weighted by molar-refractivity contribution is 0.0939. The van der Waals surface area contributed by atoms with E-state index >= 15 is 0 Å². The van der Waals surface area contributed by atoms with Gasteiger partial charge in [0, 0.05) is 5.56 Å². The first-order valence-electron chi connectivity index (χ1n) is 8.82. The number of rotatable bonds is 4. The van der Waals surface area contributed by atoms with Gasteiger partial charge in [0.2, 0.25) is 10.0 Å². The molecule has 3 rings (SSSR count). The van der Waals surface area contributed by atoms with Gasteiger partial charge in [0.15, 0.2) is 0 Å². The van der Waals surface area contributed by atoms with Gasteiger partial charge >= 0.3 is 0 Å². The Balaban J connectivity index is 1.80. The highest BCUT2D eigenvalue weighted by atomic mass is 32.2. The number of amides is 1. The molecular weight excluding hydrogens is 348 g/mol. The summed E-state index contributed by atoms with van der Waals surface area (Å²) in [6, 6.07) is 10.7. The minimum absolute atomic E-state index is 0.0217. The summed E-state index contributed by atoms with van der Waals surface area (Å²) in [6.45, 7) is 3.58. The van der Waals surface area contributed by atoms with Crippen molar-refractivity contribution in [2.24, 2.45) is 5.14 Å². The summed E-state index contributed by atoms with van der Waals surface area (Å²) in [5.41, 5.74) is 4.62. The molecule has 26 heavy (non-hydrogen) atoms. The van der Waals surface area contributed by atoms with Crippen LogP contribution in [0.2, 0.25) is 0 Å². The molecule has 138 valence electrons. The van der Waals surface area contributed by atoms with Crippen molar-refractivity contribution in [1.29, 1.82) is 0 Å². The van der Waals surface area contributed by atoms with Crippen molar-refractivity contribution in [2.75, 3.05) is 0 Å². The molecular formula is C20H24N2O3S. The Kier molecular flexibility index (Phi) is 5.16. The predicted molar refractivity (Wildman–Crippen MR) is 102 cm³/mol. The summed E-state index contributed by atoms with van der Waals surface area (Å²) in [4.78, 5) is 12.5. The molecule has 6 heteroatoms. The van der Waals surface area contributed by atoms with Crippen LogP contribution in [-0.4, -0.2) is 14.3 Å². The second-order valence-electron chi connectivity index (χ2n) is 6.96. The molecule has 0 saturated carbocycles. The van der Waals surface area contributed by atoms with Crippen molar-refractivity contribution in [3.63, 3.8) is 0 Å². The molecule has 0 spiro atoms. The number of carbonyl (C=O) groups excluding carboxylic acids is 1. The molecule has 0 saturated heterocycles. The van der Waals surface area contributed by atoms with Crippen LogP contribution >= 0.6 is 0 Å². The first-order chi connectivity index (χ1) is 12.3. The highest BCUT2D eigenvalue weighted by Crippen LogP contribution is 2.25. The van der Waals surface area contributed by atoms with E-state index in [1.807, 2.05) is 6.92 Å². The molecule has 5 nitrogen and oxygen atoms in total. The molecule has 0 radical (unpaired) electrons. The highest BCUT2D eigenvalue weighted by molar-refractivity contribution is 7.89. The van der Waals surface area contributed by atoms with Gasteiger partial charge in [-0.05, 0) is 73.9 Å². The molecule has 1 aliphatic rings. The molecule has 0 fully saturated rings. The highest BCUT2D eigenvalue weighted by Gasteiger charge is 2.18. The summed E-state index contributed by atoms with van der Waals surface area (Å²) >= 11 is 0. The Morgan fingerprint density at radius 2 is 1.77 bits per heavy atom. The van der Waals surface area contributed by atoms with Crippen molar-refractivity contribution in [3.05, 3.63) is 64.2 Å². The van der Waals surface area contributed by atoms with Gasteiger partial charge in [-0.2, -0.15) is 0 Å². The molecule has 0 heterocycles. The average Bonchev–Trinajstić information content (AvgIpc) is 2.60. The van der Waals surface area contributed by atoms with E-state index in [9.17, 15) is 13.2 Å². The Bertz CT molecular complexity index is 952. The largest absolute Gasteiger partial charge is 0.346 e. The third-order valence-electron chi connectivity index (χ3n) is 4.98. The van der Waals surface area contributed by atoms with Crippen molar-refractivity contribution in [2.45, 2.75) is 50.5 Å². The standard InChI is InChI=1S/C20H24N2O3S/c1-13-7-8-18(12-19(13)26(21,24)25)20(23)22-14(2)16-10-9-15-5-3-4-6-17(15)11-16/h7-12,14H,3-6H2,1-2H3,(H,22,23)(H2,21,24,25)/t14-/m1/s1. The number of nitrogens with two attached hydrogens (primary N) is 1. The van der Waals surface area contributed by atoms with Gasteiger partial charge in [-0.15, -0.1) is 0 Å². The number of hydrogen-bond acceptors (Lipinski definition) is 3. The van der Waals surface area contributed by atoms with E-state index in [-0.39, 0.29) is 22.4 Å². The molecule has 1 amide bonds. The lowest BCUT2D eigenvalue weighted by Crippen LogP contribution is -2.27. The fourth-order valence-corrected chi connectivity index (χ4v) is 4.24. The van der Waals surface area contributed by atoms with E-state index in [1.165, 1.54) is 30.0 Å². The van der Waals surface area contributed by atoms with Gasteiger partial charge in [0.05, 0.1) is 10.9 Å². The summed E-state index contributed by atoms with van der Waals surface area (Å²) in [5.74, 6) is -0.319. The maximum absolute atomic E-state index is 12.6. The van der Waals surface area contributed by atoms with Crippen LogP contribution in [0.4, 0.5) is 0 Å². The lowest BCUT2D eigenvalue weighted by atomic mass is 9.89. The molecule has 3 N–H and O–H groups in total. The van der Waals surface area contributed by atoms with Crippen LogP contribution in [0.25, 0.3) is 0 Å². The fraction of sp³-hybridized carbons (Fsp3) is 0.350. The second kappa shape index (κ2) is 7.21. The van der Waals surface area contributed by atoms with E-state index in [2.05, 4.69) is 23.5 Å². The monoisotopic (exact) mass is 372 g/mol. The first-order valence-corrected chi connectivity index (χ1v) is 10.4. The summed E-state index contributed by atoms with van der Waals surface area (Å²) in [6.07, 6.45) is 4.64. The third kappa shape index (κ3) is 3.97. The SMILES string of the molecule is Cc1ccc(C(=O)N[C@H](C)c2ccc3c(c2)CCCC3)cc1S(N)(=O)=O. The topological polar surface area (TPSA) is 89.3 Å². The predicted octanol–water partition coefficient (Wildman–Crippen LogP) is 3.01. The zero-order chi connectivity index (χ0) is 18.9. The van der Waals surface area contributed by atoms with Crippen molar-refractivity contribution < 1.29 is 13.2 Å². The van der Waals surface area contributed by atoms with Gasteiger partial charge < -0.3 is 5.32 Å². The molecule has 0 unspecified atom stereocenters. The molecule has 1 aliphatic carbocycles. The van der Waals surface area contributed by atoms with E-state index in [1.54, 1.807) is 19.1 Å². The molecule has 0 bridgehead atoms. The van der Waals surface area contributed by atoms with Gasteiger partial charge in [-0.25, -0.2) is 13.6 Å². The molecule has 0 aliphatic heterocycles. The van der Waals surface area contributed by atoms with Gasteiger partial charge in [-0.1, -0.05) is 24.3 Å². The summed E-state index contributed by atoms with van der Waals surface area (Å²) in [5, 5.41) is 8.17. The van der Waals surface area contributed by atoms with Crippen LogP contribution in [0.5, 0.6) is 0 Å². The van der Waals surface area contributed by atoms with Gasteiger partial charge in [-0.3, -0.25) is 4.79 Å². The van der Waals surface area contributed by atoms with Crippen LogP contribution < -0.4 is 10.5 Å². The smallest absolute Gasteiger partial charge is 0.251 e. The Hall–Kier alpha value is -2.18. The molecule has 0 aromatic heterocycles. The number of hydrogen-bond donors (Lipinski definition) is 2. The van der Waals surface area contributed by atoms with Crippen molar-refractivity contribution in [1.82, 2.24) is 5.32 Å². The summed E-state index contributed by atoms with van der Waals surface area (Å²) in [7, 11) is -3.86. The Morgan fingerprint density at radius 1 is 1.08 bits per heavy atom. The van der Waals surface area contributed by atoms with Gasteiger partial charge in [0.25, 0.3) is 5.91 Å². The first kappa shape index (κ1) is 18.6. The maximum Gasteiger partial charge on any atom is 0.251 e. The number of carbonyl (C=O) groups is 1. The number of primary sulfonamides is 1. The zero-order valence-electron chi connectivity index (χ0n) is 15.1. The molecule has 2 aromatic carbocycles. The zero-order valence-corrected chi connectivity index (χ0v) is 15.9. The maximum atomic E-state index is 12.6. The van der Waals surface area contributed by atoms with Crippen molar-refractivity contribution >= 4 is 15.9 Å². The number of sulfonamides is 1. The number of nitrogens with one attached hydrogen (secondary N) is 1. The van der Waals surface area contributed by atoms with E-state index in [0.717, 1.165) is 18.4 Å². The van der Waals surface area contributed by atoms with Crippen LogP contribution in [0.15, 0.2) is 41.3 Å². The van der Waals surface area contributed by atoms with Crippen LogP contribution in [0.1, 0.15) is 58.4 Å².